The summed E-state index contributed by atoms with van der Waals surface area (Å²) >= 11 is 0. The summed E-state index contributed by atoms with van der Waals surface area (Å²) < 4.78 is 0. The van der Waals surface area contributed by atoms with Crippen molar-refractivity contribution in [2.24, 2.45) is 11.1 Å². The normalized spacial score (nSPS) is 11.7. The van der Waals surface area contributed by atoms with Crippen LogP contribution in [-0.2, 0) is 4.79 Å². The van der Waals surface area contributed by atoms with Crippen LogP contribution in [0.4, 0.5) is 5.69 Å². The van der Waals surface area contributed by atoms with Gasteiger partial charge in [0.05, 0.1) is 5.41 Å². The summed E-state index contributed by atoms with van der Waals surface area (Å²) in [4.78, 5) is 12.8. The molecule has 0 radical (unpaired) electrons. The number of hydrogen-bond acceptors (Lipinski definition) is 2. The highest BCUT2D eigenvalue weighted by molar-refractivity contribution is 5.96. The van der Waals surface area contributed by atoms with Crippen LogP contribution in [0.3, 0.4) is 0 Å². The number of anilines is 1. The molecular formula is C18H30N2O. The summed E-state index contributed by atoms with van der Waals surface area (Å²) in [5.74, 6) is 0.452. The van der Waals surface area contributed by atoms with E-state index in [1.807, 2.05) is 18.2 Å². The maximum absolute atomic E-state index is 12.8. The summed E-state index contributed by atoms with van der Waals surface area (Å²) in [6, 6.07) is 8.03. The lowest BCUT2D eigenvalue weighted by atomic mass is 9.78. The highest BCUT2D eigenvalue weighted by Crippen LogP contribution is 2.32. The Balaban J connectivity index is 3.01. The van der Waals surface area contributed by atoms with Crippen LogP contribution in [0, 0.1) is 5.41 Å². The van der Waals surface area contributed by atoms with Gasteiger partial charge in [-0.05, 0) is 30.4 Å². The molecule has 118 valence electrons. The van der Waals surface area contributed by atoms with E-state index in [1.165, 1.54) is 5.56 Å². The second-order valence-corrected chi connectivity index (χ2v) is 6.18. The van der Waals surface area contributed by atoms with Gasteiger partial charge in [0.2, 0.25) is 5.91 Å². The van der Waals surface area contributed by atoms with Crippen molar-refractivity contribution in [1.82, 2.24) is 0 Å². The van der Waals surface area contributed by atoms with E-state index in [-0.39, 0.29) is 5.91 Å². The first kappa shape index (κ1) is 17.7. The lowest BCUT2D eigenvalue weighted by molar-refractivity contribution is -0.126. The topological polar surface area (TPSA) is 55.1 Å². The Kier molecular flexibility index (Phi) is 6.90. The Morgan fingerprint density at radius 1 is 1.19 bits per heavy atom. The van der Waals surface area contributed by atoms with Crippen molar-refractivity contribution in [1.29, 1.82) is 0 Å². The Morgan fingerprint density at radius 2 is 1.76 bits per heavy atom. The minimum absolute atomic E-state index is 0.0711. The van der Waals surface area contributed by atoms with Crippen LogP contribution in [0.5, 0.6) is 0 Å². The number of carbonyl (C=O) groups excluding carboxylic acids is 1. The highest BCUT2D eigenvalue weighted by Gasteiger charge is 2.35. The number of nitrogens with one attached hydrogen (secondary N) is 1. The number of nitrogens with two attached hydrogens (primary N) is 1. The molecule has 0 aromatic heterocycles. The van der Waals surface area contributed by atoms with Gasteiger partial charge in [-0.25, -0.2) is 0 Å². The first-order valence-electron chi connectivity index (χ1n) is 8.11. The van der Waals surface area contributed by atoms with Crippen molar-refractivity contribution in [3.8, 4) is 0 Å². The Bertz CT molecular complexity index is 448. The third-order valence-electron chi connectivity index (χ3n) is 4.16. The van der Waals surface area contributed by atoms with Crippen molar-refractivity contribution in [3.05, 3.63) is 29.8 Å². The van der Waals surface area contributed by atoms with Gasteiger partial charge in [-0.3, -0.25) is 4.79 Å². The second kappa shape index (κ2) is 8.18. The van der Waals surface area contributed by atoms with Crippen molar-refractivity contribution < 1.29 is 4.79 Å². The average molecular weight is 290 g/mol. The molecule has 0 heterocycles. The van der Waals surface area contributed by atoms with E-state index in [1.54, 1.807) is 0 Å². The molecule has 0 aliphatic rings. The van der Waals surface area contributed by atoms with Gasteiger partial charge in [0, 0.05) is 12.2 Å². The first-order valence-corrected chi connectivity index (χ1v) is 8.11. The van der Waals surface area contributed by atoms with Crippen LogP contribution in [0.15, 0.2) is 24.3 Å². The summed E-state index contributed by atoms with van der Waals surface area (Å²) in [7, 11) is 0. The van der Waals surface area contributed by atoms with Crippen molar-refractivity contribution >= 4 is 11.6 Å². The van der Waals surface area contributed by atoms with Gasteiger partial charge in [-0.2, -0.15) is 0 Å². The minimum atomic E-state index is -0.437. The lowest BCUT2D eigenvalue weighted by Gasteiger charge is -2.31. The number of benzene rings is 1. The van der Waals surface area contributed by atoms with Gasteiger partial charge in [0.1, 0.15) is 0 Å². The molecule has 1 rings (SSSR count). The Hall–Kier alpha value is -1.35. The number of amides is 1. The fourth-order valence-electron chi connectivity index (χ4n) is 2.98. The predicted molar refractivity (Wildman–Crippen MR) is 90.5 cm³/mol. The monoisotopic (exact) mass is 290 g/mol. The predicted octanol–water partition coefficient (Wildman–Crippen LogP) is 4.29. The maximum atomic E-state index is 12.8. The van der Waals surface area contributed by atoms with Crippen molar-refractivity contribution in [2.75, 3.05) is 11.9 Å². The fraction of sp³-hybridized carbons (Fsp3) is 0.611. The first-order chi connectivity index (χ1) is 10.0. The largest absolute Gasteiger partial charge is 0.329 e. The molecule has 3 nitrogen and oxygen atoms in total. The molecule has 0 aliphatic carbocycles. The Labute approximate surface area is 129 Å². The van der Waals surface area contributed by atoms with Crippen LogP contribution in [0.1, 0.15) is 64.9 Å². The van der Waals surface area contributed by atoms with E-state index >= 15 is 0 Å². The molecule has 0 fully saturated rings. The van der Waals surface area contributed by atoms with Gasteiger partial charge in [0.15, 0.2) is 0 Å². The zero-order valence-electron chi connectivity index (χ0n) is 13.9. The molecular weight excluding hydrogens is 260 g/mol. The van der Waals surface area contributed by atoms with Crippen LogP contribution in [-0.4, -0.2) is 12.5 Å². The number of rotatable bonds is 8. The van der Waals surface area contributed by atoms with Crippen LogP contribution in [0.2, 0.25) is 0 Å². The maximum Gasteiger partial charge on any atom is 0.231 e. The molecule has 3 N–H and O–H groups in total. The molecule has 21 heavy (non-hydrogen) atoms. The lowest BCUT2D eigenvalue weighted by Crippen LogP contribution is -2.42. The van der Waals surface area contributed by atoms with Gasteiger partial charge >= 0.3 is 0 Å². The molecule has 0 bridgehead atoms. The number of hydrogen-bond donors (Lipinski definition) is 2. The van der Waals surface area contributed by atoms with Gasteiger partial charge < -0.3 is 11.1 Å². The van der Waals surface area contributed by atoms with Gasteiger partial charge in [0.25, 0.3) is 0 Å². The smallest absolute Gasteiger partial charge is 0.231 e. The zero-order valence-corrected chi connectivity index (χ0v) is 13.9. The highest BCUT2D eigenvalue weighted by atomic mass is 16.2. The van der Waals surface area contributed by atoms with Crippen LogP contribution in [0.25, 0.3) is 0 Å². The van der Waals surface area contributed by atoms with Crippen molar-refractivity contribution in [3.63, 3.8) is 0 Å². The SMILES string of the molecule is CCCC(CN)(CCC)C(=O)Nc1ccccc1C(C)C. The Morgan fingerprint density at radius 3 is 2.24 bits per heavy atom. The molecule has 0 unspecified atom stereocenters. The van der Waals surface area contributed by atoms with E-state index in [0.29, 0.717) is 12.5 Å². The third-order valence-corrected chi connectivity index (χ3v) is 4.16. The third kappa shape index (κ3) is 4.31. The minimum Gasteiger partial charge on any atom is -0.329 e. The quantitative estimate of drug-likeness (QED) is 0.750. The molecule has 0 aliphatic heterocycles. The summed E-state index contributed by atoms with van der Waals surface area (Å²) in [5.41, 5.74) is 7.62. The summed E-state index contributed by atoms with van der Waals surface area (Å²) in [6.45, 7) is 8.90. The molecule has 1 amide bonds. The fourth-order valence-corrected chi connectivity index (χ4v) is 2.98. The number of carbonyl (C=O) groups is 1. The molecule has 0 saturated heterocycles. The summed E-state index contributed by atoms with van der Waals surface area (Å²) in [5, 5.41) is 3.13. The second-order valence-electron chi connectivity index (χ2n) is 6.18. The van der Waals surface area contributed by atoms with Crippen LogP contribution < -0.4 is 11.1 Å². The van der Waals surface area contributed by atoms with E-state index in [0.717, 1.165) is 31.4 Å². The molecule has 0 saturated carbocycles. The van der Waals surface area contributed by atoms with E-state index in [2.05, 4.69) is 39.1 Å². The molecule has 1 aromatic carbocycles. The standard InChI is InChI=1S/C18H30N2O/c1-5-11-18(13-19,12-6-2)17(21)20-16-10-8-7-9-15(16)14(3)4/h7-10,14H,5-6,11-13,19H2,1-4H3,(H,20,21). The van der Waals surface area contributed by atoms with E-state index in [9.17, 15) is 4.79 Å². The van der Waals surface area contributed by atoms with E-state index in [4.69, 9.17) is 5.73 Å². The molecule has 1 aromatic rings. The van der Waals surface area contributed by atoms with Crippen LogP contribution >= 0.6 is 0 Å². The van der Waals surface area contributed by atoms with E-state index < -0.39 is 5.41 Å². The summed E-state index contributed by atoms with van der Waals surface area (Å²) in [6.07, 6.45) is 3.62. The number of para-hydroxylation sites is 1. The zero-order chi connectivity index (χ0) is 15.9. The van der Waals surface area contributed by atoms with Crippen molar-refractivity contribution in [2.45, 2.75) is 59.3 Å². The van der Waals surface area contributed by atoms with Gasteiger partial charge in [-0.1, -0.05) is 58.7 Å². The molecule has 3 heteroatoms. The average Bonchev–Trinajstić information content (AvgIpc) is 2.47. The van der Waals surface area contributed by atoms with Gasteiger partial charge in [-0.15, -0.1) is 0 Å². The molecule has 0 atom stereocenters. The molecule has 0 spiro atoms.